The molecule has 0 aromatic heterocycles. The van der Waals surface area contributed by atoms with E-state index < -0.39 is 6.09 Å². The van der Waals surface area contributed by atoms with Crippen LogP contribution in [0, 0.1) is 0 Å². The Kier molecular flexibility index (Phi) is 9.95. The molecule has 6 nitrogen and oxygen atoms in total. The summed E-state index contributed by atoms with van der Waals surface area (Å²) in [6.45, 7) is 1.26. The Hall–Kier alpha value is -2.00. The van der Waals surface area contributed by atoms with Crippen LogP contribution in [0.25, 0.3) is 0 Å². The third kappa shape index (κ3) is 7.26. The zero-order chi connectivity index (χ0) is 18.9. The van der Waals surface area contributed by atoms with Crippen LogP contribution in [0.2, 0.25) is 5.02 Å². The Morgan fingerprint density at radius 2 is 1.85 bits per heavy atom. The van der Waals surface area contributed by atoms with Gasteiger partial charge in [0.25, 0.3) is 0 Å². The van der Waals surface area contributed by atoms with Gasteiger partial charge < -0.3 is 15.0 Å². The van der Waals surface area contributed by atoms with Crippen LogP contribution >= 0.6 is 35.6 Å². The molecule has 146 valence electrons. The Balaban J connectivity index is 0.00000364. The van der Waals surface area contributed by atoms with E-state index in [-0.39, 0.29) is 24.0 Å². The molecule has 27 heavy (non-hydrogen) atoms. The number of carbonyl (C=O) groups is 1. The van der Waals surface area contributed by atoms with Crippen LogP contribution in [-0.2, 0) is 17.8 Å². The quantitative estimate of drug-likeness (QED) is 0.363. The van der Waals surface area contributed by atoms with Gasteiger partial charge in [-0.05, 0) is 29.3 Å². The summed E-state index contributed by atoms with van der Waals surface area (Å²) in [5.41, 5.74) is 2.78. The molecule has 2 aromatic rings. The normalized spacial score (nSPS) is 10.6. The second-order valence-corrected chi connectivity index (χ2v) is 6.07. The SMILES string of the molecule is CN=C(NCc1ccc(NC(=O)OC)cc1)N(C)Cc1ccccc1Cl.I. The molecule has 0 unspecified atom stereocenters. The summed E-state index contributed by atoms with van der Waals surface area (Å²) in [6, 6.07) is 15.3. The Morgan fingerprint density at radius 1 is 1.19 bits per heavy atom. The molecule has 0 aliphatic rings. The lowest BCUT2D eigenvalue weighted by atomic mass is 10.2. The summed E-state index contributed by atoms with van der Waals surface area (Å²) in [5.74, 6) is 0.765. The van der Waals surface area contributed by atoms with Crippen LogP contribution in [0.3, 0.4) is 0 Å². The van der Waals surface area contributed by atoms with E-state index in [2.05, 4.69) is 20.4 Å². The molecule has 0 fully saturated rings. The van der Waals surface area contributed by atoms with Crippen molar-refractivity contribution >= 4 is 53.3 Å². The molecule has 1 amide bonds. The third-order valence-electron chi connectivity index (χ3n) is 3.78. The van der Waals surface area contributed by atoms with Crippen LogP contribution in [0.1, 0.15) is 11.1 Å². The first-order valence-electron chi connectivity index (χ1n) is 8.12. The summed E-state index contributed by atoms with van der Waals surface area (Å²) in [6.07, 6.45) is -0.488. The maximum atomic E-state index is 11.2. The van der Waals surface area contributed by atoms with E-state index in [0.717, 1.165) is 22.1 Å². The van der Waals surface area contributed by atoms with Gasteiger partial charge in [-0.2, -0.15) is 0 Å². The number of methoxy groups -OCH3 is 1. The number of carbonyl (C=O) groups excluding carboxylic acids is 1. The van der Waals surface area contributed by atoms with Crippen molar-refractivity contribution in [2.75, 3.05) is 26.5 Å². The first kappa shape index (κ1) is 23.0. The lowest BCUT2D eigenvalue weighted by molar-refractivity contribution is 0.187. The Labute approximate surface area is 182 Å². The van der Waals surface area contributed by atoms with Gasteiger partial charge >= 0.3 is 6.09 Å². The minimum atomic E-state index is -0.488. The first-order valence-corrected chi connectivity index (χ1v) is 8.50. The molecular formula is C19H24ClIN4O2. The molecule has 0 radical (unpaired) electrons. The van der Waals surface area contributed by atoms with E-state index in [9.17, 15) is 4.79 Å². The number of amides is 1. The predicted molar refractivity (Wildman–Crippen MR) is 121 cm³/mol. The van der Waals surface area contributed by atoms with Gasteiger partial charge in [0.2, 0.25) is 0 Å². The number of ether oxygens (including phenoxy) is 1. The molecule has 2 aromatic carbocycles. The predicted octanol–water partition coefficient (Wildman–Crippen LogP) is 4.34. The molecule has 2 N–H and O–H groups in total. The van der Waals surface area contributed by atoms with Crippen LogP contribution in [0.5, 0.6) is 0 Å². The van der Waals surface area contributed by atoms with Crippen LogP contribution < -0.4 is 10.6 Å². The average molecular weight is 503 g/mol. The van der Waals surface area contributed by atoms with Crippen LogP contribution in [-0.4, -0.2) is 38.2 Å². The molecule has 0 bridgehead atoms. The van der Waals surface area contributed by atoms with Crippen molar-refractivity contribution in [2.45, 2.75) is 13.1 Å². The minimum Gasteiger partial charge on any atom is -0.453 e. The maximum Gasteiger partial charge on any atom is 0.411 e. The highest BCUT2D eigenvalue weighted by Gasteiger charge is 2.09. The largest absolute Gasteiger partial charge is 0.453 e. The molecule has 0 aliphatic heterocycles. The summed E-state index contributed by atoms with van der Waals surface area (Å²) < 4.78 is 4.57. The molecule has 0 heterocycles. The van der Waals surface area contributed by atoms with Gasteiger partial charge in [-0.15, -0.1) is 24.0 Å². The highest BCUT2D eigenvalue weighted by atomic mass is 127. The first-order chi connectivity index (χ1) is 12.5. The van der Waals surface area contributed by atoms with Crippen molar-refractivity contribution in [1.29, 1.82) is 0 Å². The van der Waals surface area contributed by atoms with E-state index in [1.807, 2.05) is 60.5 Å². The zero-order valence-corrected chi connectivity index (χ0v) is 18.6. The van der Waals surface area contributed by atoms with E-state index in [1.54, 1.807) is 7.05 Å². The van der Waals surface area contributed by atoms with E-state index in [4.69, 9.17) is 11.6 Å². The number of nitrogens with zero attached hydrogens (tertiary/aromatic N) is 2. The standard InChI is InChI=1S/C19H23ClN4O2.HI/c1-21-18(24(2)13-15-6-4-5-7-17(15)20)22-12-14-8-10-16(11-9-14)23-19(25)26-3;/h4-11H,12-13H2,1-3H3,(H,21,22)(H,23,25);1H. The van der Waals surface area contributed by atoms with Crippen molar-refractivity contribution in [3.8, 4) is 0 Å². The van der Waals surface area contributed by atoms with Crippen molar-refractivity contribution in [1.82, 2.24) is 10.2 Å². The van der Waals surface area contributed by atoms with Crippen molar-refractivity contribution in [2.24, 2.45) is 4.99 Å². The second-order valence-electron chi connectivity index (χ2n) is 5.66. The number of benzene rings is 2. The number of rotatable bonds is 5. The van der Waals surface area contributed by atoms with Crippen LogP contribution in [0.4, 0.5) is 10.5 Å². The van der Waals surface area contributed by atoms with Crippen LogP contribution in [0.15, 0.2) is 53.5 Å². The molecule has 0 spiro atoms. The van der Waals surface area contributed by atoms with Gasteiger partial charge in [-0.1, -0.05) is 41.9 Å². The molecular weight excluding hydrogens is 479 g/mol. The van der Waals surface area contributed by atoms with Gasteiger partial charge in [0.15, 0.2) is 5.96 Å². The van der Waals surface area contributed by atoms with Gasteiger partial charge in [0.05, 0.1) is 7.11 Å². The number of hydrogen-bond donors (Lipinski definition) is 2. The number of aliphatic imine (C=N–C) groups is 1. The molecule has 8 heteroatoms. The summed E-state index contributed by atoms with van der Waals surface area (Å²) in [5, 5.41) is 6.68. The van der Waals surface area contributed by atoms with Crippen molar-refractivity contribution < 1.29 is 9.53 Å². The molecule has 0 atom stereocenters. The maximum absolute atomic E-state index is 11.2. The van der Waals surface area contributed by atoms with Crippen molar-refractivity contribution in [3.63, 3.8) is 0 Å². The molecule has 0 saturated heterocycles. The Morgan fingerprint density at radius 3 is 2.44 bits per heavy atom. The van der Waals surface area contributed by atoms with Crippen molar-refractivity contribution in [3.05, 3.63) is 64.7 Å². The lowest BCUT2D eigenvalue weighted by Gasteiger charge is -2.22. The van der Waals surface area contributed by atoms with Gasteiger partial charge in [-0.25, -0.2) is 4.79 Å². The van der Waals surface area contributed by atoms with Gasteiger partial charge in [0, 0.05) is 37.9 Å². The summed E-state index contributed by atoms with van der Waals surface area (Å²) in [4.78, 5) is 17.5. The highest BCUT2D eigenvalue weighted by molar-refractivity contribution is 14.0. The zero-order valence-electron chi connectivity index (χ0n) is 15.5. The lowest BCUT2D eigenvalue weighted by Crippen LogP contribution is -2.38. The number of anilines is 1. The fraction of sp³-hybridized carbons (Fsp3) is 0.263. The molecule has 0 aliphatic carbocycles. The topological polar surface area (TPSA) is 66.0 Å². The fourth-order valence-electron chi connectivity index (χ4n) is 2.40. The number of halogens is 2. The monoisotopic (exact) mass is 502 g/mol. The van der Waals surface area contributed by atoms with Gasteiger partial charge in [0.1, 0.15) is 0 Å². The second kappa shape index (κ2) is 11.7. The third-order valence-corrected chi connectivity index (χ3v) is 4.14. The highest BCUT2D eigenvalue weighted by Crippen LogP contribution is 2.16. The fourth-order valence-corrected chi connectivity index (χ4v) is 2.59. The molecule has 0 saturated carbocycles. The number of guanidine groups is 1. The van der Waals surface area contributed by atoms with Gasteiger partial charge in [-0.3, -0.25) is 10.3 Å². The summed E-state index contributed by atoms with van der Waals surface area (Å²) >= 11 is 6.22. The number of hydrogen-bond acceptors (Lipinski definition) is 3. The van der Waals surface area contributed by atoms with E-state index in [0.29, 0.717) is 18.8 Å². The minimum absolute atomic E-state index is 0. The Bertz CT molecular complexity index is 769. The number of nitrogens with one attached hydrogen (secondary N) is 2. The smallest absolute Gasteiger partial charge is 0.411 e. The van der Waals surface area contributed by atoms with E-state index >= 15 is 0 Å². The molecule has 2 rings (SSSR count). The average Bonchev–Trinajstić information content (AvgIpc) is 2.65. The van der Waals surface area contributed by atoms with E-state index in [1.165, 1.54) is 7.11 Å². The summed E-state index contributed by atoms with van der Waals surface area (Å²) in [7, 11) is 5.04.